The van der Waals surface area contributed by atoms with E-state index in [1.54, 1.807) is 31.0 Å². The lowest BCUT2D eigenvalue weighted by Crippen LogP contribution is -2.44. The van der Waals surface area contributed by atoms with E-state index in [1.807, 2.05) is 23.1 Å². The molecule has 0 radical (unpaired) electrons. The van der Waals surface area contributed by atoms with Crippen LogP contribution in [0.5, 0.6) is 11.5 Å². The Kier molecular flexibility index (Phi) is 6.06. The van der Waals surface area contributed by atoms with Gasteiger partial charge in [0, 0.05) is 37.2 Å². The van der Waals surface area contributed by atoms with E-state index >= 15 is 0 Å². The highest BCUT2D eigenvalue weighted by atomic mass is 16.5. The number of hydrogen-bond donors (Lipinski definition) is 0. The molecule has 1 aliphatic heterocycles. The molecule has 4 rings (SSSR count). The van der Waals surface area contributed by atoms with Crippen LogP contribution in [0, 0.1) is 11.8 Å². The Balaban J connectivity index is 1.44. The number of likely N-dealkylation sites (tertiary alicyclic amines) is 1. The Hall–Kier alpha value is -2.83. The lowest BCUT2D eigenvalue weighted by molar-refractivity contribution is -0.139. The molecule has 1 saturated carbocycles. The highest BCUT2D eigenvalue weighted by Gasteiger charge is 2.31. The van der Waals surface area contributed by atoms with Crippen LogP contribution in [0.1, 0.15) is 32.1 Å². The molecule has 1 aromatic carbocycles. The van der Waals surface area contributed by atoms with Gasteiger partial charge in [-0.15, -0.1) is 0 Å². The number of aromatic nitrogens is 2. The Morgan fingerprint density at radius 2 is 1.77 bits per heavy atom. The highest BCUT2D eigenvalue weighted by Crippen LogP contribution is 2.32. The minimum absolute atomic E-state index is 0.104. The first-order valence-corrected chi connectivity index (χ1v) is 10.7. The summed E-state index contributed by atoms with van der Waals surface area (Å²) in [6.45, 7) is 2.14. The van der Waals surface area contributed by atoms with E-state index in [0.717, 1.165) is 44.3 Å². The van der Waals surface area contributed by atoms with Crippen molar-refractivity contribution >= 4 is 5.91 Å². The number of carbonyl (C=O) groups is 1. The molecule has 30 heavy (non-hydrogen) atoms. The predicted molar refractivity (Wildman–Crippen MR) is 114 cm³/mol. The fraction of sp³-hybridized carbons (Fsp3) is 0.522. The summed E-state index contributed by atoms with van der Waals surface area (Å²) in [6.07, 6.45) is 5.08. The fourth-order valence-corrected chi connectivity index (χ4v) is 4.22. The minimum atomic E-state index is -0.104. The molecule has 0 spiro atoms. The molecular formula is C23H29N3O4. The smallest absolute Gasteiger partial charge is 0.266 e. The molecule has 7 heteroatoms. The van der Waals surface area contributed by atoms with Gasteiger partial charge in [0.15, 0.2) is 11.5 Å². The standard InChI is InChI=1S/C23H29N3O4/c1-29-20-8-6-18(14-21(20)30-2)19-7-9-22(27)26(24-19)15-16-10-12-25(13-11-16)23(28)17-4-3-5-17/h6-9,14,16-17H,3-5,10-13,15H2,1-2H3. The second-order valence-electron chi connectivity index (χ2n) is 8.21. The summed E-state index contributed by atoms with van der Waals surface area (Å²) in [4.78, 5) is 26.8. The largest absolute Gasteiger partial charge is 0.493 e. The van der Waals surface area contributed by atoms with E-state index in [0.29, 0.717) is 35.6 Å². The van der Waals surface area contributed by atoms with Crippen LogP contribution < -0.4 is 15.0 Å². The molecule has 7 nitrogen and oxygen atoms in total. The van der Waals surface area contributed by atoms with Crippen molar-refractivity contribution in [3.8, 4) is 22.8 Å². The predicted octanol–water partition coefficient (Wildman–Crippen LogP) is 2.97. The molecule has 2 aromatic rings. The van der Waals surface area contributed by atoms with Crippen molar-refractivity contribution < 1.29 is 14.3 Å². The van der Waals surface area contributed by atoms with Gasteiger partial charge in [0.05, 0.1) is 19.9 Å². The van der Waals surface area contributed by atoms with Gasteiger partial charge in [-0.3, -0.25) is 9.59 Å². The van der Waals surface area contributed by atoms with Crippen LogP contribution in [0.4, 0.5) is 0 Å². The third kappa shape index (κ3) is 4.20. The Morgan fingerprint density at radius 3 is 2.40 bits per heavy atom. The van der Waals surface area contributed by atoms with Crippen molar-refractivity contribution in [2.24, 2.45) is 11.8 Å². The summed E-state index contributed by atoms with van der Waals surface area (Å²) in [5.41, 5.74) is 1.47. The zero-order chi connectivity index (χ0) is 21.1. The number of nitrogens with zero attached hydrogens (tertiary/aromatic N) is 3. The second kappa shape index (κ2) is 8.90. The third-order valence-electron chi connectivity index (χ3n) is 6.36. The summed E-state index contributed by atoms with van der Waals surface area (Å²) in [7, 11) is 3.19. The number of ether oxygens (including phenoxy) is 2. The van der Waals surface area contributed by atoms with Crippen LogP contribution >= 0.6 is 0 Å². The Bertz CT molecular complexity index is 959. The zero-order valence-corrected chi connectivity index (χ0v) is 17.7. The Labute approximate surface area is 176 Å². The van der Waals surface area contributed by atoms with E-state index in [1.165, 1.54) is 6.42 Å². The maximum atomic E-state index is 12.4. The monoisotopic (exact) mass is 411 g/mol. The average Bonchev–Trinajstić information content (AvgIpc) is 2.74. The number of carbonyl (C=O) groups excluding carboxylic acids is 1. The van der Waals surface area contributed by atoms with Gasteiger partial charge in [0.1, 0.15) is 0 Å². The first-order valence-electron chi connectivity index (χ1n) is 10.7. The van der Waals surface area contributed by atoms with Crippen LogP contribution in [-0.4, -0.2) is 47.9 Å². The number of benzene rings is 1. The molecule has 0 N–H and O–H groups in total. The lowest BCUT2D eigenvalue weighted by Gasteiger charge is -2.36. The molecule has 2 heterocycles. The molecular weight excluding hydrogens is 382 g/mol. The average molecular weight is 412 g/mol. The minimum Gasteiger partial charge on any atom is -0.493 e. The number of rotatable bonds is 6. The summed E-state index contributed by atoms with van der Waals surface area (Å²) in [5.74, 6) is 2.20. The number of hydrogen-bond acceptors (Lipinski definition) is 5. The van der Waals surface area contributed by atoms with Crippen molar-refractivity contribution in [1.29, 1.82) is 0 Å². The highest BCUT2D eigenvalue weighted by molar-refractivity contribution is 5.79. The van der Waals surface area contributed by atoms with Crippen LogP contribution in [-0.2, 0) is 11.3 Å². The summed E-state index contributed by atoms with van der Waals surface area (Å²) in [5, 5.41) is 4.60. The van der Waals surface area contributed by atoms with Gasteiger partial charge in [0.2, 0.25) is 5.91 Å². The van der Waals surface area contributed by atoms with Crippen molar-refractivity contribution in [3.05, 3.63) is 40.7 Å². The van der Waals surface area contributed by atoms with Crippen molar-refractivity contribution in [1.82, 2.24) is 14.7 Å². The van der Waals surface area contributed by atoms with E-state index in [2.05, 4.69) is 5.10 Å². The molecule has 2 aliphatic rings. The first-order chi connectivity index (χ1) is 14.6. The fourth-order valence-electron chi connectivity index (χ4n) is 4.22. The van der Waals surface area contributed by atoms with Gasteiger partial charge < -0.3 is 14.4 Å². The van der Waals surface area contributed by atoms with Crippen LogP contribution in [0.15, 0.2) is 35.1 Å². The molecule has 1 saturated heterocycles. The second-order valence-corrected chi connectivity index (χ2v) is 8.21. The molecule has 1 aromatic heterocycles. The third-order valence-corrected chi connectivity index (χ3v) is 6.36. The van der Waals surface area contributed by atoms with E-state index in [4.69, 9.17) is 9.47 Å². The molecule has 0 atom stereocenters. The number of amides is 1. The maximum absolute atomic E-state index is 12.4. The van der Waals surface area contributed by atoms with Crippen LogP contribution in [0.2, 0.25) is 0 Å². The van der Waals surface area contributed by atoms with Crippen LogP contribution in [0.3, 0.4) is 0 Å². The lowest BCUT2D eigenvalue weighted by atomic mass is 9.83. The topological polar surface area (TPSA) is 73.7 Å². The number of piperidine rings is 1. The van der Waals surface area contributed by atoms with Gasteiger partial charge in [-0.2, -0.15) is 5.10 Å². The molecule has 0 bridgehead atoms. The van der Waals surface area contributed by atoms with Gasteiger partial charge >= 0.3 is 0 Å². The van der Waals surface area contributed by atoms with Gasteiger partial charge in [-0.1, -0.05) is 6.42 Å². The quantitative estimate of drug-likeness (QED) is 0.731. The SMILES string of the molecule is COc1ccc(-c2ccc(=O)n(CC3CCN(C(=O)C4CCC4)CC3)n2)cc1OC. The van der Waals surface area contributed by atoms with Crippen LogP contribution in [0.25, 0.3) is 11.3 Å². The van der Waals surface area contributed by atoms with Gasteiger partial charge in [0.25, 0.3) is 5.56 Å². The van der Waals surface area contributed by atoms with E-state index in [9.17, 15) is 9.59 Å². The summed E-state index contributed by atoms with van der Waals surface area (Å²) >= 11 is 0. The molecule has 160 valence electrons. The zero-order valence-electron chi connectivity index (χ0n) is 17.7. The molecule has 2 fully saturated rings. The first kappa shape index (κ1) is 20.4. The molecule has 1 amide bonds. The summed E-state index contributed by atoms with van der Waals surface area (Å²) < 4.78 is 12.2. The van der Waals surface area contributed by atoms with Crippen molar-refractivity contribution in [2.45, 2.75) is 38.6 Å². The number of methoxy groups -OCH3 is 2. The van der Waals surface area contributed by atoms with Gasteiger partial charge in [-0.05, 0) is 55.9 Å². The normalized spacial score (nSPS) is 17.5. The maximum Gasteiger partial charge on any atom is 0.266 e. The van der Waals surface area contributed by atoms with Gasteiger partial charge in [-0.25, -0.2) is 4.68 Å². The van der Waals surface area contributed by atoms with Crippen molar-refractivity contribution in [2.75, 3.05) is 27.3 Å². The molecule has 1 aliphatic carbocycles. The van der Waals surface area contributed by atoms with Crippen molar-refractivity contribution in [3.63, 3.8) is 0 Å². The van der Waals surface area contributed by atoms with E-state index < -0.39 is 0 Å². The van der Waals surface area contributed by atoms with E-state index in [-0.39, 0.29) is 11.5 Å². The Morgan fingerprint density at radius 1 is 1.03 bits per heavy atom. The molecule has 0 unspecified atom stereocenters. The summed E-state index contributed by atoms with van der Waals surface area (Å²) in [6, 6.07) is 8.90.